The number of rotatable bonds is 5. The topological polar surface area (TPSA) is 36.3 Å². The molecule has 0 atom stereocenters. The Labute approximate surface area is 136 Å². The minimum absolute atomic E-state index is 0.693. The fourth-order valence-electron chi connectivity index (χ4n) is 2.70. The molecule has 0 spiro atoms. The van der Waals surface area contributed by atoms with Crippen molar-refractivity contribution in [3.05, 3.63) is 54.6 Å². The zero-order valence-corrected chi connectivity index (χ0v) is 13.7. The highest BCUT2D eigenvalue weighted by molar-refractivity contribution is 5.81. The van der Waals surface area contributed by atoms with Gasteiger partial charge in [-0.3, -0.25) is 0 Å². The van der Waals surface area contributed by atoms with Crippen molar-refractivity contribution in [2.24, 2.45) is 0 Å². The number of benzene rings is 2. The first-order valence-electron chi connectivity index (χ1n) is 7.46. The molecule has 1 aromatic heterocycles. The number of allylic oxidation sites excluding steroid dienone is 1. The third-order valence-corrected chi connectivity index (χ3v) is 3.72. The fraction of sp³-hybridized carbons (Fsp3) is 0.211. The summed E-state index contributed by atoms with van der Waals surface area (Å²) in [6.07, 6.45) is 0. The molecule has 0 aliphatic carbocycles. The summed E-state index contributed by atoms with van der Waals surface area (Å²) in [5.74, 6) is 2.30. The molecule has 118 valence electrons. The van der Waals surface area contributed by atoms with Gasteiger partial charge in [0.2, 0.25) is 0 Å². The molecule has 3 rings (SSSR count). The predicted molar refractivity (Wildman–Crippen MR) is 93.1 cm³/mol. The number of methoxy groups -OCH3 is 2. The molecule has 0 saturated carbocycles. The van der Waals surface area contributed by atoms with Gasteiger partial charge in [-0.25, -0.2) is 4.98 Å². The molecular weight excluding hydrogens is 288 g/mol. The molecule has 4 nitrogen and oxygen atoms in total. The maximum Gasteiger partial charge on any atom is 0.161 e. The van der Waals surface area contributed by atoms with Gasteiger partial charge >= 0.3 is 0 Å². The van der Waals surface area contributed by atoms with Crippen LogP contribution in [0.25, 0.3) is 22.4 Å². The van der Waals surface area contributed by atoms with E-state index in [-0.39, 0.29) is 0 Å². The molecule has 0 N–H and O–H groups in total. The second kappa shape index (κ2) is 6.16. The zero-order chi connectivity index (χ0) is 16.4. The van der Waals surface area contributed by atoms with Gasteiger partial charge in [-0.15, -0.1) is 0 Å². The summed E-state index contributed by atoms with van der Waals surface area (Å²) in [5, 5.41) is 0. The number of fused-ring (bicyclic) bond motifs is 1. The summed E-state index contributed by atoms with van der Waals surface area (Å²) in [7, 11) is 3.27. The number of hydrogen-bond acceptors (Lipinski definition) is 3. The van der Waals surface area contributed by atoms with Crippen molar-refractivity contribution in [1.29, 1.82) is 0 Å². The quantitative estimate of drug-likeness (QED) is 0.659. The highest BCUT2D eigenvalue weighted by Crippen LogP contribution is 2.33. The number of aromatic nitrogens is 2. The summed E-state index contributed by atoms with van der Waals surface area (Å²) < 4.78 is 12.9. The third-order valence-electron chi connectivity index (χ3n) is 3.72. The van der Waals surface area contributed by atoms with Crippen molar-refractivity contribution < 1.29 is 9.47 Å². The Bertz CT molecular complexity index is 865. The van der Waals surface area contributed by atoms with E-state index < -0.39 is 0 Å². The normalized spacial score (nSPS) is 10.7. The van der Waals surface area contributed by atoms with Gasteiger partial charge in [-0.1, -0.05) is 24.3 Å². The molecular formula is C19H20N2O2. The second-order valence-electron chi connectivity index (χ2n) is 5.54. The molecule has 0 aliphatic rings. The largest absolute Gasteiger partial charge is 0.493 e. The van der Waals surface area contributed by atoms with Crippen LogP contribution in [-0.4, -0.2) is 23.8 Å². The van der Waals surface area contributed by atoms with E-state index in [4.69, 9.17) is 14.5 Å². The molecule has 0 amide bonds. The summed E-state index contributed by atoms with van der Waals surface area (Å²) in [5.41, 5.74) is 4.13. The smallest absolute Gasteiger partial charge is 0.161 e. The number of hydrogen-bond donors (Lipinski definition) is 0. The van der Waals surface area contributed by atoms with Crippen LogP contribution >= 0.6 is 0 Å². The van der Waals surface area contributed by atoms with Crippen LogP contribution in [0.1, 0.15) is 6.92 Å². The van der Waals surface area contributed by atoms with Crippen molar-refractivity contribution in [3.63, 3.8) is 0 Å². The maximum absolute atomic E-state index is 5.41. The zero-order valence-electron chi connectivity index (χ0n) is 13.7. The van der Waals surface area contributed by atoms with E-state index in [0.29, 0.717) is 11.5 Å². The molecule has 23 heavy (non-hydrogen) atoms. The summed E-state index contributed by atoms with van der Waals surface area (Å²) >= 11 is 0. The van der Waals surface area contributed by atoms with Crippen LogP contribution in [0.2, 0.25) is 0 Å². The second-order valence-corrected chi connectivity index (χ2v) is 5.54. The molecule has 0 aliphatic heterocycles. The van der Waals surface area contributed by atoms with E-state index in [1.54, 1.807) is 14.2 Å². The molecule has 0 radical (unpaired) electrons. The van der Waals surface area contributed by atoms with Crippen molar-refractivity contribution in [1.82, 2.24) is 9.55 Å². The van der Waals surface area contributed by atoms with E-state index >= 15 is 0 Å². The Hall–Kier alpha value is -2.75. The van der Waals surface area contributed by atoms with Gasteiger partial charge in [-0.05, 0) is 37.3 Å². The Balaban J connectivity index is 2.21. The van der Waals surface area contributed by atoms with E-state index in [9.17, 15) is 0 Å². The summed E-state index contributed by atoms with van der Waals surface area (Å²) in [4.78, 5) is 4.79. The Morgan fingerprint density at radius 2 is 1.83 bits per heavy atom. The summed E-state index contributed by atoms with van der Waals surface area (Å²) in [6.45, 7) is 6.79. The summed E-state index contributed by atoms with van der Waals surface area (Å²) in [6, 6.07) is 14.0. The minimum Gasteiger partial charge on any atom is -0.493 e. The lowest BCUT2D eigenvalue weighted by molar-refractivity contribution is 0.355. The monoisotopic (exact) mass is 308 g/mol. The Morgan fingerprint density at radius 1 is 1.09 bits per heavy atom. The molecule has 2 aromatic carbocycles. The molecule has 4 heteroatoms. The van der Waals surface area contributed by atoms with Crippen molar-refractivity contribution >= 4 is 11.0 Å². The van der Waals surface area contributed by atoms with Gasteiger partial charge in [0.1, 0.15) is 5.82 Å². The average molecular weight is 308 g/mol. The first-order valence-corrected chi connectivity index (χ1v) is 7.46. The number of para-hydroxylation sites is 2. The first-order chi connectivity index (χ1) is 11.1. The van der Waals surface area contributed by atoms with E-state index in [1.807, 2.05) is 43.3 Å². The number of nitrogens with zero attached hydrogens (tertiary/aromatic N) is 2. The van der Waals surface area contributed by atoms with Crippen LogP contribution in [0.15, 0.2) is 54.6 Å². The molecule has 0 unspecified atom stereocenters. The SMILES string of the molecule is C=C(C)Cn1c(-c2ccc(OC)c(OC)c2)nc2ccccc21. The molecule has 0 fully saturated rings. The third kappa shape index (κ3) is 2.80. The van der Waals surface area contributed by atoms with Crippen LogP contribution < -0.4 is 9.47 Å². The number of ether oxygens (including phenoxy) is 2. The molecule has 1 heterocycles. The van der Waals surface area contributed by atoms with Crippen LogP contribution in [0.3, 0.4) is 0 Å². The lowest BCUT2D eigenvalue weighted by Crippen LogP contribution is -2.01. The lowest BCUT2D eigenvalue weighted by Gasteiger charge is -2.12. The first kappa shape index (κ1) is 15.2. The van der Waals surface area contributed by atoms with E-state index in [2.05, 4.69) is 17.2 Å². The lowest BCUT2D eigenvalue weighted by atomic mass is 10.2. The maximum atomic E-state index is 5.41. The van der Waals surface area contributed by atoms with Gasteiger partial charge in [0.15, 0.2) is 11.5 Å². The molecule has 3 aromatic rings. The molecule has 0 saturated heterocycles. The average Bonchev–Trinajstić information content (AvgIpc) is 2.92. The van der Waals surface area contributed by atoms with Gasteiger partial charge in [-0.2, -0.15) is 0 Å². The predicted octanol–water partition coefficient (Wildman–Crippen LogP) is 4.30. The van der Waals surface area contributed by atoms with Crippen LogP contribution in [0, 0.1) is 0 Å². The standard InChI is InChI=1S/C19H20N2O2/c1-13(2)12-21-16-8-6-5-7-15(16)20-19(21)14-9-10-17(22-3)18(11-14)23-4/h5-11H,1,12H2,2-4H3. The minimum atomic E-state index is 0.693. The van der Waals surface area contributed by atoms with Gasteiger partial charge < -0.3 is 14.0 Å². The highest BCUT2D eigenvalue weighted by Gasteiger charge is 2.14. The van der Waals surface area contributed by atoms with Gasteiger partial charge in [0.05, 0.1) is 25.3 Å². The van der Waals surface area contributed by atoms with Crippen LogP contribution in [-0.2, 0) is 6.54 Å². The Morgan fingerprint density at radius 3 is 2.52 bits per heavy atom. The van der Waals surface area contributed by atoms with E-state index in [1.165, 1.54) is 0 Å². The highest BCUT2D eigenvalue weighted by atomic mass is 16.5. The number of imidazole rings is 1. The fourth-order valence-corrected chi connectivity index (χ4v) is 2.70. The van der Waals surface area contributed by atoms with Gasteiger partial charge in [0.25, 0.3) is 0 Å². The van der Waals surface area contributed by atoms with Crippen LogP contribution in [0.5, 0.6) is 11.5 Å². The van der Waals surface area contributed by atoms with Crippen molar-refractivity contribution in [2.45, 2.75) is 13.5 Å². The van der Waals surface area contributed by atoms with Crippen molar-refractivity contribution in [2.75, 3.05) is 14.2 Å². The van der Waals surface area contributed by atoms with Crippen LogP contribution in [0.4, 0.5) is 0 Å². The molecule has 0 bridgehead atoms. The Kier molecular flexibility index (Phi) is 4.06. The van der Waals surface area contributed by atoms with Crippen molar-refractivity contribution in [3.8, 4) is 22.9 Å². The van der Waals surface area contributed by atoms with Gasteiger partial charge in [0, 0.05) is 12.1 Å². The van der Waals surface area contributed by atoms with E-state index in [0.717, 1.165) is 34.5 Å².